The Morgan fingerprint density at radius 2 is 2.00 bits per heavy atom. The molecule has 6 heteroatoms. The van der Waals surface area contributed by atoms with Gasteiger partial charge in [-0.1, -0.05) is 6.07 Å². The number of ether oxygens (including phenoxy) is 1. The van der Waals surface area contributed by atoms with Crippen LogP contribution in [0.15, 0.2) is 54.9 Å². The van der Waals surface area contributed by atoms with Crippen molar-refractivity contribution in [2.75, 3.05) is 23.8 Å². The molecule has 1 aromatic carbocycles. The van der Waals surface area contributed by atoms with E-state index in [0.717, 1.165) is 41.5 Å². The first-order valence-corrected chi connectivity index (χ1v) is 7.91. The number of nitrogens with one attached hydrogen (secondary N) is 2. The van der Waals surface area contributed by atoms with Gasteiger partial charge in [0.2, 0.25) is 5.95 Å². The van der Waals surface area contributed by atoms with E-state index in [-0.39, 0.29) is 0 Å². The first kappa shape index (κ1) is 14.4. The molecular weight excluding hydrogens is 302 g/mol. The first-order chi connectivity index (χ1) is 11.9. The fraction of sp³-hybridized carbons (Fsp3) is 0.167. The average molecular weight is 319 g/mol. The predicted molar refractivity (Wildman–Crippen MR) is 93.6 cm³/mol. The van der Waals surface area contributed by atoms with Gasteiger partial charge in [-0.15, -0.1) is 0 Å². The highest BCUT2D eigenvalue weighted by molar-refractivity contribution is 5.73. The lowest BCUT2D eigenvalue weighted by molar-refractivity contribution is 0.315. The van der Waals surface area contributed by atoms with Gasteiger partial charge in [-0.05, 0) is 36.8 Å². The summed E-state index contributed by atoms with van der Waals surface area (Å²) in [6.45, 7) is 1.42. The molecule has 3 heterocycles. The van der Waals surface area contributed by atoms with E-state index < -0.39 is 0 Å². The first-order valence-electron chi connectivity index (χ1n) is 7.91. The molecule has 0 amide bonds. The lowest BCUT2D eigenvalue weighted by Crippen LogP contribution is -2.10. The zero-order valence-corrected chi connectivity index (χ0v) is 13.1. The van der Waals surface area contributed by atoms with Crippen molar-refractivity contribution in [3.63, 3.8) is 0 Å². The van der Waals surface area contributed by atoms with Crippen LogP contribution in [0.1, 0.15) is 6.42 Å². The monoisotopic (exact) mass is 319 g/mol. The quantitative estimate of drug-likeness (QED) is 0.661. The largest absolute Gasteiger partial charge is 0.493 e. The minimum atomic E-state index is 0.538. The van der Waals surface area contributed by atoms with E-state index in [1.807, 2.05) is 42.5 Å². The normalized spacial score (nSPS) is 13.5. The van der Waals surface area contributed by atoms with Crippen molar-refractivity contribution in [1.82, 2.24) is 15.0 Å². The summed E-state index contributed by atoms with van der Waals surface area (Å²) in [6, 6.07) is 13.6. The van der Waals surface area contributed by atoms with Crippen LogP contribution in [0.4, 0.5) is 17.5 Å². The van der Waals surface area contributed by atoms with Gasteiger partial charge in [-0.3, -0.25) is 0 Å². The molecule has 1 aliphatic rings. The lowest BCUT2D eigenvalue weighted by atomic mass is 10.2. The minimum Gasteiger partial charge on any atom is -0.493 e. The number of benzene rings is 1. The average Bonchev–Trinajstić information content (AvgIpc) is 2.62. The van der Waals surface area contributed by atoms with Crippen LogP contribution in [-0.2, 0) is 0 Å². The summed E-state index contributed by atoms with van der Waals surface area (Å²) >= 11 is 0. The van der Waals surface area contributed by atoms with E-state index >= 15 is 0 Å². The second kappa shape index (κ2) is 6.54. The summed E-state index contributed by atoms with van der Waals surface area (Å²) in [7, 11) is 0. The molecule has 0 atom stereocenters. The number of hydrogen-bond acceptors (Lipinski definition) is 6. The van der Waals surface area contributed by atoms with Crippen molar-refractivity contribution in [3.05, 3.63) is 54.9 Å². The zero-order chi connectivity index (χ0) is 16.2. The van der Waals surface area contributed by atoms with E-state index in [4.69, 9.17) is 4.74 Å². The predicted octanol–water partition coefficient (Wildman–Crippen LogP) is 3.48. The third-order valence-electron chi connectivity index (χ3n) is 3.71. The molecule has 3 aromatic rings. The van der Waals surface area contributed by atoms with Crippen molar-refractivity contribution in [2.45, 2.75) is 6.42 Å². The third kappa shape index (κ3) is 3.12. The molecule has 4 rings (SSSR count). The van der Waals surface area contributed by atoms with E-state index in [0.29, 0.717) is 12.6 Å². The highest BCUT2D eigenvalue weighted by atomic mass is 16.5. The van der Waals surface area contributed by atoms with Crippen LogP contribution in [0, 0.1) is 0 Å². The molecule has 0 saturated carbocycles. The Labute approximate surface area is 140 Å². The maximum atomic E-state index is 5.79. The van der Waals surface area contributed by atoms with Crippen molar-refractivity contribution in [2.24, 2.45) is 0 Å². The summed E-state index contributed by atoms with van der Waals surface area (Å²) in [5.74, 6) is 2.18. The Morgan fingerprint density at radius 3 is 3.00 bits per heavy atom. The molecule has 4 bridgehead atoms. The maximum absolute atomic E-state index is 5.79. The van der Waals surface area contributed by atoms with Gasteiger partial charge in [0.1, 0.15) is 11.6 Å². The van der Waals surface area contributed by atoms with Gasteiger partial charge in [0.05, 0.1) is 12.3 Å². The number of aromatic nitrogens is 3. The van der Waals surface area contributed by atoms with Gasteiger partial charge in [0.15, 0.2) is 0 Å². The Kier molecular flexibility index (Phi) is 3.93. The second-order valence-electron chi connectivity index (χ2n) is 5.45. The molecule has 120 valence electrons. The van der Waals surface area contributed by atoms with E-state index in [2.05, 4.69) is 25.6 Å². The molecule has 6 nitrogen and oxygen atoms in total. The molecule has 24 heavy (non-hydrogen) atoms. The molecule has 2 aromatic heterocycles. The van der Waals surface area contributed by atoms with Crippen molar-refractivity contribution in [3.8, 4) is 17.0 Å². The molecule has 0 unspecified atom stereocenters. The van der Waals surface area contributed by atoms with Gasteiger partial charge in [0.25, 0.3) is 0 Å². The minimum absolute atomic E-state index is 0.538. The van der Waals surface area contributed by atoms with Crippen LogP contribution in [-0.4, -0.2) is 28.1 Å². The zero-order valence-electron chi connectivity index (χ0n) is 13.1. The summed E-state index contributed by atoms with van der Waals surface area (Å²) in [4.78, 5) is 13.3. The van der Waals surface area contributed by atoms with Crippen molar-refractivity contribution < 1.29 is 4.74 Å². The number of hydrogen-bond donors (Lipinski definition) is 2. The molecule has 2 N–H and O–H groups in total. The Bertz CT molecular complexity index is 852. The number of rotatable bonds is 0. The molecule has 0 aliphatic carbocycles. The summed E-state index contributed by atoms with van der Waals surface area (Å²) in [5, 5.41) is 6.59. The number of fused-ring (bicyclic) bond motifs is 6. The smallest absolute Gasteiger partial charge is 0.227 e. The fourth-order valence-corrected chi connectivity index (χ4v) is 2.58. The number of nitrogens with zero attached hydrogens (tertiary/aromatic N) is 3. The molecule has 0 saturated heterocycles. The standard InChI is InChI=1S/C18H17N5O/c1-4-13-12-14(5-1)24-11-3-9-20-17-15(6-2-8-19-17)16-7-10-21-18(22-13)23-16/h1-2,4-8,10,12H,3,9,11H2,(H,19,20)(H,21,22,23). The second-order valence-corrected chi connectivity index (χ2v) is 5.45. The fourth-order valence-electron chi connectivity index (χ4n) is 2.58. The van der Waals surface area contributed by atoms with E-state index in [9.17, 15) is 0 Å². The van der Waals surface area contributed by atoms with Crippen LogP contribution in [0.25, 0.3) is 11.3 Å². The van der Waals surface area contributed by atoms with Crippen molar-refractivity contribution in [1.29, 1.82) is 0 Å². The van der Waals surface area contributed by atoms with Crippen LogP contribution in [0.3, 0.4) is 0 Å². The van der Waals surface area contributed by atoms with Crippen LogP contribution >= 0.6 is 0 Å². The van der Waals surface area contributed by atoms with Gasteiger partial charge >= 0.3 is 0 Å². The molecule has 0 spiro atoms. The lowest BCUT2D eigenvalue weighted by Gasteiger charge is -2.14. The SMILES string of the molecule is c1cc2cc(c1)OCCCNc1ncccc1-c1ccnc(n1)N2. The topological polar surface area (TPSA) is 72.0 Å². The van der Waals surface area contributed by atoms with Crippen LogP contribution in [0.2, 0.25) is 0 Å². The Hall–Kier alpha value is -3.15. The molecular formula is C18H17N5O. The van der Waals surface area contributed by atoms with E-state index in [1.54, 1.807) is 12.4 Å². The van der Waals surface area contributed by atoms with Crippen molar-refractivity contribution >= 4 is 17.5 Å². The van der Waals surface area contributed by atoms with Crippen LogP contribution in [0.5, 0.6) is 5.75 Å². The molecule has 0 fully saturated rings. The Morgan fingerprint density at radius 1 is 1.00 bits per heavy atom. The maximum Gasteiger partial charge on any atom is 0.227 e. The van der Waals surface area contributed by atoms with Gasteiger partial charge in [-0.25, -0.2) is 15.0 Å². The van der Waals surface area contributed by atoms with Gasteiger partial charge < -0.3 is 15.4 Å². The number of anilines is 3. The van der Waals surface area contributed by atoms with Gasteiger partial charge in [0, 0.05) is 36.3 Å². The third-order valence-corrected chi connectivity index (χ3v) is 3.71. The Balaban J connectivity index is 1.76. The van der Waals surface area contributed by atoms with Gasteiger partial charge in [-0.2, -0.15) is 0 Å². The van der Waals surface area contributed by atoms with Crippen LogP contribution < -0.4 is 15.4 Å². The highest BCUT2D eigenvalue weighted by Gasteiger charge is 2.09. The number of pyridine rings is 1. The molecule has 0 radical (unpaired) electrons. The summed E-state index contributed by atoms with van der Waals surface area (Å²) < 4.78 is 5.79. The summed E-state index contributed by atoms with van der Waals surface area (Å²) in [6.07, 6.45) is 4.40. The summed E-state index contributed by atoms with van der Waals surface area (Å²) in [5.41, 5.74) is 2.67. The van der Waals surface area contributed by atoms with E-state index in [1.165, 1.54) is 0 Å². The highest BCUT2D eigenvalue weighted by Crippen LogP contribution is 2.26. The molecule has 1 aliphatic heterocycles.